The second kappa shape index (κ2) is 6.78. The van der Waals surface area contributed by atoms with Gasteiger partial charge in [0.2, 0.25) is 0 Å². The molecule has 0 aromatic carbocycles. The molecule has 0 saturated heterocycles. The summed E-state index contributed by atoms with van der Waals surface area (Å²) in [6.45, 7) is 0. The van der Waals surface area contributed by atoms with Crippen molar-refractivity contribution in [3.05, 3.63) is 24.3 Å². The first-order valence-corrected chi connectivity index (χ1v) is 9.07. The molecule has 2 rings (SSSR count). The molecule has 2 aliphatic rings. The van der Waals surface area contributed by atoms with E-state index in [1.165, 1.54) is 19.3 Å². The first-order chi connectivity index (χ1) is 9.47. The topological polar surface area (TPSA) is 77.8 Å². The van der Waals surface area contributed by atoms with Gasteiger partial charge in [-0.2, -0.15) is 10.6 Å². The van der Waals surface area contributed by atoms with Gasteiger partial charge in [-0.3, -0.25) is 13.9 Å². The normalized spacial score (nSPS) is 31.2. The Morgan fingerprint density at radius 2 is 1.85 bits per heavy atom. The summed E-state index contributed by atoms with van der Waals surface area (Å²) in [7, 11) is -3.04. The number of aliphatic carboxylic acids is 1. The van der Waals surface area contributed by atoms with Gasteiger partial charge in [-0.15, -0.1) is 0 Å². The van der Waals surface area contributed by atoms with E-state index in [0.29, 0.717) is 18.3 Å². The molecule has 3 atom stereocenters. The van der Waals surface area contributed by atoms with Crippen LogP contribution in [-0.4, -0.2) is 31.2 Å². The quantitative estimate of drug-likeness (QED) is 0.673. The lowest BCUT2D eigenvalue weighted by Crippen LogP contribution is -2.26. The van der Waals surface area contributed by atoms with E-state index in [1.807, 2.05) is 6.08 Å². The Morgan fingerprint density at radius 1 is 1.10 bits per heavy atom. The summed E-state index contributed by atoms with van der Waals surface area (Å²) in [5.41, 5.74) is 0. The van der Waals surface area contributed by atoms with Crippen LogP contribution in [0.5, 0.6) is 0 Å². The minimum Gasteiger partial charge on any atom is -0.480 e. The summed E-state index contributed by atoms with van der Waals surface area (Å²) in [4.78, 5) is 10.7. The van der Waals surface area contributed by atoms with Gasteiger partial charge in [-0.1, -0.05) is 24.3 Å². The SMILES string of the molecule is O=C(O)CS(O)(O)C1C=CC(CC2C=CCCC2)CC1. The van der Waals surface area contributed by atoms with E-state index in [-0.39, 0.29) is 0 Å². The maximum atomic E-state index is 10.7. The molecular weight excluding hydrogens is 276 g/mol. The smallest absolute Gasteiger partial charge is 0.322 e. The van der Waals surface area contributed by atoms with Gasteiger partial charge in [0.25, 0.3) is 0 Å². The average Bonchev–Trinajstić information content (AvgIpc) is 2.39. The number of rotatable bonds is 5. The van der Waals surface area contributed by atoms with Gasteiger partial charge < -0.3 is 5.11 Å². The lowest BCUT2D eigenvalue weighted by Gasteiger charge is -2.40. The maximum Gasteiger partial charge on any atom is 0.322 e. The first kappa shape index (κ1) is 15.6. The van der Waals surface area contributed by atoms with Crippen LogP contribution in [0.3, 0.4) is 0 Å². The molecule has 114 valence electrons. The van der Waals surface area contributed by atoms with Crippen LogP contribution in [0.15, 0.2) is 24.3 Å². The molecule has 0 fully saturated rings. The second-order valence-corrected chi connectivity index (χ2v) is 8.20. The predicted octanol–water partition coefficient (Wildman–Crippen LogP) is 3.90. The molecule has 0 heterocycles. The van der Waals surface area contributed by atoms with Crippen molar-refractivity contribution in [2.45, 2.75) is 43.8 Å². The van der Waals surface area contributed by atoms with Gasteiger partial charge >= 0.3 is 5.97 Å². The van der Waals surface area contributed by atoms with Gasteiger partial charge in [0.05, 0.1) is 5.25 Å². The molecule has 0 spiro atoms. The lowest BCUT2D eigenvalue weighted by atomic mass is 9.83. The molecule has 0 bridgehead atoms. The van der Waals surface area contributed by atoms with Gasteiger partial charge in [0, 0.05) is 0 Å². The van der Waals surface area contributed by atoms with Crippen LogP contribution in [-0.2, 0) is 4.79 Å². The standard InChI is InChI=1S/C15H24O4S/c16-15(17)11-20(18,19)14-8-6-13(7-9-14)10-12-4-2-1-3-5-12/h2,4,6,8,12-14,18-19H,1,3,5,7,9-11H2,(H,16,17). The zero-order valence-electron chi connectivity index (χ0n) is 11.6. The van der Waals surface area contributed by atoms with Crippen LogP contribution >= 0.6 is 10.6 Å². The summed E-state index contributed by atoms with van der Waals surface area (Å²) in [6.07, 6.45) is 14.9. The van der Waals surface area contributed by atoms with Crippen LogP contribution in [0.25, 0.3) is 0 Å². The van der Waals surface area contributed by atoms with Crippen molar-refractivity contribution in [3.63, 3.8) is 0 Å². The third-order valence-corrected chi connectivity index (χ3v) is 6.23. The van der Waals surface area contributed by atoms with Crippen molar-refractivity contribution < 1.29 is 19.0 Å². The van der Waals surface area contributed by atoms with Crippen molar-refractivity contribution >= 4 is 16.6 Å². The van der Waals surface area contributed by atoms with Crippen molar-refractivity contribution in [1.82, 2.24) is 0 Å². The molecule has 3 unspecified atom stereocenters. The van der Waals surface area contributed by atoms with Gasteiger partial charge in [-0.05, 0) is 50.4 Å². The molecule has 20 heavy (non-hydrogen) atoms. The van der Waals surface area contributed by atoms with E-state index >= 15 is 0 Å². The number of hydrogen-bond donors (Lipinski definition) is 3. The van der Waals surface area contributed by atoms with Crippen molar-refractivity contribution in [2.24, 2.45) is 11.8 Å². The molecule has 4 nitrogen and oxygen atoms in total. The second-order valence-electron chi connectivity index (χ2n) is 5.87. The lowest BCUT2D eigenvalue weighted by molar-refractivity contribution is -0.134. The molecule has 5 heteroatoms. The van der Waals surface area contributed by atoms with Gasteiger partial charge in [0.1, 0.15) is 5.75 Å². The van der Waals surface area contributed by atoms with Crippen LogP contribution in [0, 0.1) is 11.8 Å². The molecular formula is C15H24O4S. The summed E-state index contributed by atoms with van der Waals surface area (Å²) in [5.74, 6) is -0.556. The molecule has 0 aromatic rings. The zero-order chi connectivity index (χ0) is 14.6. The third kappa shape index (κ3) is 4.36. The Balaban J connectivity index is 1.87. The van der Waals surface area contributed by atoms with Crippen LogP contribution in [0.1, 0.15) is 38.5 Å². The van der Waals surface area contributed by atoms with E-state index in [9.17, 15) is 13.9 Å². The first-order valence-electron chi connectivity index (χ1n) is 7.29. The molecule has 0 radical (unpaired) electrons. The van der Waals surface area contributed by atoms with E-state index in [1.54, 1.807) is 0 Å². The number of carboxylic acids is 1. The highest BCUT2D eigenvalue weighted by Gasteiger charge is 2.29. The fourth-order valence-corrected chi connectivity index (χ4v) is 4.55. The average molecular weight is 300 g/mol. The fraction of sp³-hybridized carbons (Fsp3) is 0.667. The Bertz CT molecular complexity index is 403. The predicted molar refractivity (Wildman–Crippen MR) is 82.1 cm³/mol. The highest BCUT2D eigenvalue weighted by molar-refractivity contribution is 8.25. The number of carboxylic acid groups (broad SMARTS) is 1. The van der Waals surface area contributed by atoms with Crippen molar-refractivity contribution in [3.8, 4) is 0 Å². The summed E-state index contributed by atoms with van der Waals surface area (Å²) >= 11 is 0. The zero-order valence-corrected chi connectivity index (χ0v) is 12.5. The van der Waals surface area contributed by atoms with Gasteiger partial charge in [0.15, 0.2) is 0 Å². The minimum atomic E-state index is -3.04. The molecule has 3 N–H and O–H groups in total. The van der Waals surface area contributed by atoms with E-state index in [0.717, 1.165) is 12.8 Å². The van der Waals surface area contributed by atoms with Gasteiger partial charge in [-0.25, -0.2) is 0 Å². The highest BCUT2D eigenvalue weighted by Crippen LogP contribution is 2.49. The molecule has 0 aliphatic heterocycles. The Hall–Kier alpha value is -0.780. The van der Waals surface area contributed by atoms with Crippen LogP contribution in [0.2, 0.25) is 0 Å². The molecule has 0 aromatic heterocycles. The fourth-order valence-electron chi connectivity index (χ4n) is 3.12. The Morgan fingerprint density at radius 3 is 2.40 bits per heavy atom. The Kier molecular flexibility index (Phi) is 5.29. The summed E-state index contributed by atoms with van der Waals surface area (Å²) in [5, 5.41) is 8.33. The molecule has 0 saturated carbocycles. The van der Waals surface area contributed by atoms with Crippen LogP contribution < -0.4 is 0 Å². The number of allylic oxidation sites excluding steroid dienone is 3. The van der Waals surface area contributed by atoms with Crippen molar-refractivity contribution in [1.29, 1.82) is 0 Å². The maximum absolute atomic E-state index is 10.7. The number of hydrogen-bond acceptors (Lipinski definition) is 3. The monoisotopic (exact) mass is 300 g/mol. The number of carbonyl (C=O) groups is 1. The molecule has 0 amide bonds. The summed E-state index contributed by atoms with van der Waals surface area (Å²) in [6, 6.07) is 0. The largest absolute Gasteiger partial charge is 0.480 e. The Labute approximate surface area is 121 Å². The van der Waals surface area contributed by atoms with E-state index in [4.69, 9.17) is 5.11 Å². The minimum absolute atomic E-state index is 0.392. The van der Waals surface area contributed by atoms with E-state index < -0.39 is 27.6 Å². The highest BCUT2D eigenvalue weighted by atomic mass is 32.3. The molecule has 2 aliphatic carbocycles. The third-order valence-electron chi connectivity index (χ3n) is 4.20. The van der Waals surface area contributed by atoms with E-state index in [2.05, 4.69) is 18.2 Å². The van der Waals surface area contributed by atoms with Crippen molar-refractivity contribution in [2.75, 3.05) is 5.75 Å². The van der Waals surface area contributed by atoms with Crippen LogP contribution in [0.4, 0.5) is 0 Å². The summed E-state index contributed by atoms with van der Waals surface area (Å²) < 4.78 is 19.8.